The summed E-state index contributed by atoms with van der Waals surface area (Å²) in [5.41, 5.74) is 2.53. The third-order valence-corrected chi connectivity index (χ3v) is 4.52. The number of hydrogen-bond acceptors (Lipinski definition) is 6. The maximum Gasteiger partial charge on any atom is 0.231 e. The number of rotatable bonds is 6. The Morgan fingerprint density at radius 2 is 1.93 bits per heavy atom. The van der Waals surface area contributed by atoms with Crippen LogP contribution in [0.5, 0.6) is 34.5 Å². The quantitative estimate of drug-likeness (QED) is 0.714. The largest absolute Gasteiger partial charge is 0.493 e. The number of ether oxygens (including phenoxy) is 6. The minimum atomic E-state index is -0.372. The van der Waals surface area contributed by atoms with E-state index in [4.69, 9.17) is 28.4 Å². The summed E-state index contributed by atoms with van der Waals surface area (Å²) in [6.07, 6.45) is 1.28. The van der Waals surface area contributed by atoms with Gasteiger partial charge in [0.05, 0.1) is 14.2 Å². The molecular weight excluding hydrogens is 348 g/mol. The molecule has 0 radical (unpaired) electrons. The minimum Gasteiger partial charge on any atom is -0.493 e. The molecule has 140 valence electrons. The van der Waals surface area contributed by atoms with Crippen LogP contribution < -0.4 is 28.4 Å². The van der Waals surface area contributed by atoms with Gasteiger partial charge < -0.3 is 28.4 Å². The van der Waals surface area contributed by atoms with Crippen molar-refractivity contribution in [1.29, 1.82) is 0 Å². The van der Waals surface area contributed by atoms with Gasteiger partial charge in [0.2, 0.25) is 18.3 Å². The normalized spacial score (nSPS) is 16.5. The average Bonchev–Trinajstić information content (AvgIpc) is 3.29. The van der Waals surface area contributed by atoms with Crippen LogP contribution in [0.15, 0.2) is 43.5 Å². The smallest absolute Gasteiger partial charge is 0.231 e. The van der Waals surface area contributed by atoms with Crippen molar-refractivity contribution in [2.24, 2.45) is 0 Å². The molecule has 6 nitrogen and oxygen atoms in total. The Balaban J connectivity index is 1.76. The Morgan fingerprint density at radius 1 is 1.11 bits per heavy atom. The van der Waals surface area contributed by atoms with Gasteiger partial charge in [0.25, 0.3) is 0 Å². The van der Waals surface area contributed by atoms with Crippen LogP contribution in [0, 0.1) is 0 Å². The minimum absolute atomic E-state index is 0.223. The van der Waals surface area contributed by atoms with Gasteiger partial charge in [-0.3, -0.25) is 0 Å². The lowest BCUT2D eigenvalue weighted by atomic mass is 9.98. The summed E-state index contributed by atoms with van der Waals surface area (Å²) in [4.78, 5) is 0. The van der Waals surface area contributed by atoms with Crippen LogP contribution in [0.2, 0.25) is 0 Å². The van der Waals surface area contributed by atoms with Gasteiger partial charge in [-0.15, -0.1) is 0 Å². The van der Waals surface area contributed by atoms with E-state index in [-0.39, 0.29) is 12.9 Å². The standard InChI is InChI=1S/C21H20O6/c1-5-8-24-20-17(22-3)10-14-12(2)18(27-19(14)21(20)23-4)13-6-7-15-16(9-13)26-11-25-15/h5-7,9-10,18H,1-2,8,11H2,3-4H3/t18-/m0/s1. The van der Waals surface area contributed by atoms with Gasteiger partial charge in [-0.2, -0.15) is 0 Å². The molecule has 0 bridgehead atoms. The molecule has 0 fully saturated rings. The zero-order chi connectivity index (χ0) is 19.0. The van der Waals surface area contributed by atoms with E-state index in [0.717, 1.165) is 22.4 Å². The Kier molecular flexibility index (Phi) is 4.32. The molecule has 0 amide bonds. The second kappa shape index (κ2) is 6.79. The van der Waals surface area contributed by atoms with Crippen LogP contribution in [-0.2, 0) is 0 Å². The predicted octanol–water partition coefficient (Wildman–Crippen LogP) is 4.14. The second-order valence-electron chi connectivity index (χ2n) is 6.05. The highest BCUT2D eigenvalue weighted by Gasteiger charge is 2.35. The molecule has 0 saturated carbocycles. The molecule has 1 atom stereocenters. The molecule has 2 aromatic carbocycles. The number of methoxy groups -OCH3 is 2. The molecule has 0 aliphatic carbocycles. The predicted molar refractivity (Wildman–Crippen MR) is 100 cm³/mol. The zero-order valence-electron chi connectivity index (χ0n) is 15.2. The van der Waals surface area contributed by atoms with E-state index in [2.05, 4.69) is 13.2 Å². The maximum absolute atomic E-state index is 6.22. The summed E-state index contributed by atoms with van der Waals surface area (Å²) < 4.78 is 33.9. The first-order chi connectivity index (χ1) is 13.2. The molecule has 6 heteroatoms. The van der Waals surface area contributed by atoms with Gasteiger partial charge in [0.1, 0.15) is 12.7 Å². The second-order valence-corrected chi connectivity index (χ2v) is 6.05. The molecule has 0 saturated heterocycles. The maximum atomic E-state index is 6.22. The third kappa shape index (κ3) is 2.73. The van der Waals surface area contributed by atoms with E-state index in [9.17, 15) is 0 Å². The number of hydrogen-bond donors (Lipinski definition) is 0. The third-order valence-electron chi connectivity index (χ3n) is 4.52. The van der Waals surface area contributed by atoms with Gasteiger partial charge >= 0.3 is 0 Å². The Hall–Kier alpha value is -3.28. The summed E-state index contributed by atoms with van der Waals surface area (Å²) >= 11 is 0. The van der Waals surface area contributed by atoms with Crippen LogP contribution in [-0.4, -0.2) is 27.6 Å². The highest BCUT2D eigenvalue weighted by atomic mass is 16.7. The van der Waals surface area contributed by atoms with Crippen molar-refractivity contribution >= 4 is 5.57 Å². The van der Waals surface area contributed by atoms with E-state index < -0.39 is 0 Å². The van der Waals surface area contributed by atoms with E-state index in [0.29, 0.717) is 35.4 Å². The summed E-state index contributed by atoms with van der Waals surface area (Å²) in [7, 11) is 3.14. The fraction of sp³-hybridized carbons (Fsp3) is 0.238. The molecule has 2 aliphatic rings. The van der Waals surface area contributed by atoms with Crippen molar-refractivity contribution in [2.45, 2.75) is 6.10 Å². The molecule has 0 spiro atoms. The van der Waals surface area contributed by atoms with Gasteiger partial charge in [0, 0.05) is 16.7 Å². The van der Waals surface area contributed by atoms with Crippen LogP contribution in [0.4, 0.5) is 0 Å². The summed E-state index contributed by atoms with van der Waals surface area (Å²) in [5.74, 6) is 3.47. The van der Waals surface area contributed by atoms with Gasteiger partial charge in [-0.25, -0.2) is 0 Å². The van der Waals surface area contributed by atoms with E-state index in [1.54, 1.807) is 20.3 Å². The fourth-order valence-corrected chi connectivity index (χ4v) is 3.25. The summed E-state index contributed by atoms with van der Waals surface area (Å²) in [5, 5.41) is 0. The fourth-order valence-electron chi connectivity index (χ4n) is 3.25. The van der Waals surface area contributed by atoms with Crippen molar-refractivity contribution in [2.75, 3.05) is 27.6 Å². The van der Waals surface area contributed by atoms with Gasteiger partial charge in [0.15, 0.2) is 23.0 Å². The number of fused-ring (bicyclic) bond motifs is 2. The first kappa shape index (κ1) is 17.1. The molecule has 2 heterocycles. The molecule has 2 aliphatic heterocycles. The first-order valence-corrected chi connectivity index (χ1v) is 8.46. The summed E-state index contributed by atoms with van der Waals surface area (Å²) in [6.45, 7) is 8.44. The molecular formula is C21H20O6. The van der Waals surface area contributed by atoms with Crippen molar-refractivity contribution in [3.8, 4) is 34.5 Å². The van der Waals surface area contributed by atoms with Crippen LogP contribution in [0.3, 0.4) is 0 Å². The van der Waals surface area contributed by atoms with Gasteiger partial charge in [-0.1, -0.05) is 25.3 Å². The van der Waals surface area contributed by atoms with Crippen LogP contribution in [0.1, 0.15) is 17.2 Å². The van der Waals surface area contributed by atoms with Crippen molar-refractivity contribution < 1.29 is 28.4 Å². The average molecular weight is 368 g/mol. The topological polar surface area (TPSA) is 55.4 Å². The first-order valence-electron chi connectivity index (χ1n) is 8.46. The molecule has 27 heavy (non-hydrogen) atoms. The van der Waals surface area contributed by atoms with Gasteiger partial charge in [-0.05, 0) is 18.2 Å². The Morgan fingerprint density at radius 3 is 2.67 bits per heavy atom. The van der Waals surface area contributed by atoms with Crippen molar-refractivity contribution in [3.63, 3.8) is 0 Å². The lowest BCUT2D eigenvalue weighted by molar-refractivity contribution is 0.174. The molecule has 2 aromatic rings. The Bertz CT molecular complexity index is 917. The van der Waals surface area contributed by atoms with E-state index in [1.807, 2.05) is 24.3 Å². The summed E-state index contributed by atoms with van der Waals surface area (Å²) in [6, 6.07) is 7.57. The van der Waals surface area contributed by atoms with Crippen LogP contribution in [0.25, 0.3) is 5.57 Å². The lowest BCUT2D eigenvalue weighted by Gasteiger charge is -2.16. The molecule has 0 N–H and O–H groups in total. The van der Waals surface area contributed by atoms with E-state index >= 15 is 0 Å². The zero-order valence-corrected chi connectivity index (χ0v) is 15.2. The molecule has 4 rings (SSSR count). The monoisotopic (exact) mass is 368 g/mol. The van der Waals surface area contributed by atoms with Crippen molar-refractivity contribution in [1.82, 2.24) is 0 Å². The highest BCUT2D eigenvalue weighted by molar-refractivity contribution is 5.83. The van der Waals surface area contributed by atoms with E-state index in [1.165, 1.54) is 0 Å². The van der Waals surface area contributed by atoms with Crippen molar-refractivity contribution in [3.05, 3.63) is 54.6 Å². The number of benzene rings is 2. The molecule has 0 unspecified atom stereocenters. The Labute approximate surface area is 157 Å². The molecule has 0 aromatic heterocycles. The van der Waals surface area contributed by atoms with Crippen LogP contribution >= 0.6 is 0 Å². The SMILES string of the molecule is C=CCOc1c(OC)cc2c(c1OC)O[C@H](c1ccc3c(c1)OCO3)C2=C. The lowest BCUT2D eigenvalue weighted by Crippen LogP contribution is -2.03. The highest BCUT2D eigenvalue weighted by Crippen LogP contribution is 2.56.